The van der Waals surface area contributed by atoms with Gasteiger partial charge in [0.2, 0.25) is 0 Å². The Morgan fingerprint density at radius 1 is 0.647 bits per heavy atom. The van der Waals surface area contributed by atoms with E-state index in [9.17, 15) is 0 Å². The van der Waals surface area contributed by atoms with Crippen LogP contribution < -0.4 is 30.9 Å². The molecular weight excluding hydrogens is 806 g/mol. The Kier molecular flexibility index (Phi) is 7.59. The molecule has 0 aliphatic carbocycles. The van der Waals surface area contributed by atoms with Crippen LogP contribution in [0.1, 0.15) is 11.1 Å². The van der Waals surface area contributed by atoms with Crippen molar-refractivity contribution in [2.45, 2.75) is 13.8 Å². The molecule has 0 N–H and O–H groups in total. The first kappa shape index (κ1) is 31.4. The van der Waals surface area contributed by atoms with Crippen LogP contribution in [-0.2, 0) is 21.1 Å². The van der Waals surface area contributed by atoms with Crippen molar-refractivity contribution in [3.63, 3.8) is 0 Å². The molecule has 0 atom stereocenters. The van der Waals surface area contributed by atoms with Gasteiger partial charge in [-0.2, -0.15) is 12.1 Å². The summed E-state index contributed by atoms with van der Waals surface area (Å²) in [7, 11) is 0. The minimum Gasteiger partial charge on any atom is -0.509 e. The molecule has 0 spiro atoms. The van der Waals surface area contributed by atoms with E-state index >= 15 is 0 Å². The van der Waals surface area contributed by atoms with E-state index in [0.717, 1.165) is 44.7 Å². The van der Waals surface area contributed by atoms with E-state index in [-0.39, 0.29) is 27.8 Å². The minimum absolute atomic E-state index is 0. The second-order valence-electron chi connectivity index (χ2n) is 13.0. The first-order chi connectivity index (χ1) is 24.6. The molecule has 0 unspecified atom stereocenters. The van der Waals surface area contributed by atoms with Gasteiger partial charge in [-0.15, -0.1) is 47.5 Å². The molecule has 0 radical (unpaired) electrons. The van der Waals surface area contributed by atoms with Crippen LogP contribution in [0.25, 0.3) is 27.6 Å². The zero-order valence-corrected chi connectivity index (χ0v) is 30.2. The van der Waals surface area contributed by atoms with Crippen LogP contribution in [0.3, 0.4) is 0 Å². The van der Waals surface area contributed by atoms with Gasteiger partial charge in [-0.1, -0.05) is 100 Å². The number of benzene rings is 6. The topological polar surface area (TPSA) is 33.5 Å². The number of pyridine rings is 1. The summed E-state index contributed by atoms with van der Waals surface area (Å²) >= 11 is 0. The quantitative estimate of drug-likeness (QED) is 0.129. The molecule has 0 fully saturated rings. The summed E-state index contributed by atoms with van der Waals surface area (Å²) in [4.78, 5) is 9.24. The molecule has 6 aromatic carbocycles. The zero-order valence-electron chi connectivity index (χ0n) is 27.9. The van der Waals surface area contributed by atoms with Gasteiger partial charge in [-0.3, -0.25) is 0 Å². The van der Waals surface area contributed by atoms with Crippen LogP contribution in [0, 0.1) is 32.6 Å². The van der Waals surface area contributed by atoms with Gasteiger partial charge >= 0.3 is 0 Å². The van der Waals surface area contributed by atoms with Crippen molar-refractivity contribution in [3.05, 3.63) is 170 Å². The normalized spacial score (nSPS) is 12.9. The molecule has 10 rings (SSSR count). The Morgan fingerprint density at radius 2 is 1.39 bits per heavy atom. The van der Waals surface area contributed by atoms with Gasteiger partial charge < -0.3 is 19.1 Å². The van der Waals surface area contributed by atoms with Gasteiger partial charge in [0.25, 0.3) is 0 Å². The van der Waals surface area contributed by atoms with Gasteiger partial charge in [0.15, 0.2) is 6.71 Å². The Labute approximate surface area is 312 Å². The number of fused-ring (bicyclic) bond motifs is 5. The number of nitrogens with zero attached hydrogens (tertiary/aromatic N) is 4. The fraction of sp³-hybridized carbons (Fsp3) is 0.0455. The van der Waals surface area contributed by atoms with E-state index in [1.165, 1.54) is 33.2 Å². The Balaban J connectivity index is 0.00000348. The molecular formula is C44H30BN4OPt-3. The van der Waals surface area contributed by atoms with Crippen LogP contribution >= 0.6 is 0 Å². The fourth-order valence-corrected chi connectivity index (χ4v) is 7.94. The molecule has 248 valence electrons. The van der Waals surface area contributed by atoms with Crippen molar-refractivity contribution < 1.29 is 25.8 Å². The SMILES string of the molecule is Cc1cccc(C)c1B1c2ccc(Oc3[c-]c4c(cc3)c3ccccc3n4-c3ccccn3)[c-]c2N2[CH-]N(c3ccccc3)c3cccc1c32.[Pt]. The number of anilines is 4. The smallest absolute Gasteiger partial charge is 0.181 e. The predicted molar refractivity (Wildman–Crippen MR) is 205 cm³/mol. The largest absolute Gasteiger partial charge is 0.509 e. The number of aromatic nitrogens is 2. The summed E-state index contributed by atoms with van der Waals surface area (Å²) in [5.41, 5.74) is 12.8. The summed E-state index contributed by atoms with van der Waals surface area (Å²) in [5.74, 6) is 2.09. The maximum Gasteiger partial charge on any atom is 0.181 e. The van der Waals surface area contributed by atoms with Crippen molar-refractivity contribution in [2.24, 2.45) is 0 Å². The summed E-state index contributed by atoms with van der Waals surface area (Å²) < 4.78 is 8.79. The molecule has 0 saturated carbocycles. The molecule has 2 aliphatic rings. The Morgan fingerprint density at radius 3 is 2.22 bits per heavy atom. The summed E-state index contributed by atoms with van der Waals surface area (Å²) in [6.07, 6.45) is 1.82. The van der Waals surface area contributed by atoms with E-state index in [1.807, 2.05) is 36.5 Å². The maximum absolute atomic E-state index is 6.64. The molecule has 0 amide bonds. The van der Waals surface area contributed by atoms with E-state index in [1.54, 1.807) is 0 Å². The van der Waals surface area contributed by atoms with Gasteiger partial charge in [0.1, 0.15) is 5.82 Å². The molecule has 4 heterocycles. The number of para-hydroxylation sites is 3. The molecule has 5 nitrogen and oxygen atoms in total. The van der Waals surface area contributed by atoms with Crippen LogP contribution in [0.5, 0.6) is 11.5 Å². The molecule has 51 heavy (non-hydrogen) atoms. The van der Waals surface area contributed by atoms with E-state index in [0.29, 0.717) is 11.5 Å². The monoisotopic (exact) mass is 836 g/mol. The first-order valence-corrected chi connectivity index (χ1v) is 16.9. The Bertz CT molecular complexity index is 2590. The third kappa shape index (κ3) is 4.92. The molecule has 8 aromatic rings. The second-order valence-corrected chi connectivity index (χ2v) is 13.0. The molecule has 2 aliphatic heterocycles. The first-order valence-electron chi connectivity index (χ1n) is 16.9. The second kappa shape index (κ2) is 12.3. The van der Waals surface area contributed by atoms with Crippen molar-refractivity contribution in [1.29, 1.82) is 0 Å². The Hall–Kier alpha value is -5.58. The number of aryl methyl sites for hydroxylation is 2. The predicted octanol–water partition coefficient (Wildman–Crippen LogP) is 8.42. The van der Waals surface area contributed by atoms with E-state index < -0.39 is 0 Å². The van der Waals surface area contributed by atoms with Crippen LogP contribution in [0.4, 0.5) is 22.7 Å². The standard InChI is InChI=1S/C44H30BN4O.Pt/c1-29-12-10-13-30(2)43(29)45-36-24-22-33(27-41(36)48-28-47(31-14-4-3-5-15-31)39-19-11-17-37(45)44(39)48)50-32-21-23-35-34-16-6-7-18-38(34)49(40(35)26-32)42-20-8-9-25-46-42;/h3-25,28H,1-2H3;/q-3;. The van der Waals surface area contributed by atoms with Crippen LogP contribution in [0.2, 0.25) is 0 Å². The van der Waals surface area contributed by atoms with Crippen molar-refractivity contribution in [1.82, 2.24) is 9.55 Å². The fourth-order valence-electron chi connectivity index (χ4n) is 7.94. The van der Waals surface area contributed by atoms with Crippen molar-refractivity contribution >= 4 is 67.7 Å². The molecule has 0 saturated heterocycles. The van der Waals surface area contributed by atoms with Crippen molar-refractivity contribution in [2.75, 3.05) is 9.80 Å². The van der Waals surface area contributed by atoms with E-state index in [2.05, 4.69) is 155 Å². The number of hydrogen-bond donors (Lipinski definition) is 0. The number of hydrogen-bond acceptors (Lipinski definition) is 4. The summed E-state index contributed by atoms with van der Waals surface area (Å²) in [6, 6.07) is 53.9. The minimum atomic E-state index is 0. The zero-order chi connectivity index (χ0) is 33.3. The third-order valence-corrected chi connectivity index (χ3v) is 10.1. The van der Waals surface area contributed by atoms with Gasteiger partial charge in [-0.25, -0.2) is 4.98 Å². The molecule has 7 heteroatoms. The van der Waals surface area contributed by atoms with E-state index in [4.69, 9.17) is 4.74 Å². The average Bonchev–Trinajstić information content (AvgIpc) is 3.71. The third-order valence-electron chi connectivity index (χ3n) is 10.1. The van der Waals surface area contributed by atoms with Crippen LogP contribution in [0.15, 0.2) is 140 Å². The average molecular weight is 837 g/mol. The van der Waals surface area contributed by atoms with Gasteiger partial charge in [-0.05, 0) is 55.6 Å². The summed E-state index contributed by atoms with van der Waals surface area (Å²) in [6.45, 7) is 6.67. The molecule has 2 aromatic heterocycles. The van der Waals surface area contributed by atoms with Gasteiger partial charge in [0, 0.05) is 61.3 Å². The van der Waals surface area contributed by atoms with Gasteiger partial charge in [0.05, 0.1) is 0 Å². The maximum atomic E-state index is 6.64. The summed E-state index contributed by atoms with van der Waals surface area (Å²) in [5, 5.41) is 2.25. The van der Waals surface area contributed by atoms with Crippen molar-refractivity contribution in [3.8, 4) is 17.3 Å². The van der Waals surface area contributed by atoms with Crippen LogP contribution in [-0.4, -0.2) is 16.3 Å². The number of ether oxygens (including phenoxy) is 1. The molecule has 0 bridgehead atoms. The number of rotatable bonds is 5.